The van der Waals surface area contributed by atoms with E-state index < -0.39 is 10.0 Å². The highest BCUT2D eigenvalue weighted by Crippen LogP contribution is 2.33. The Morgan fingerprint density at radius 2 is 1.90 bits per heavy atom. The molecule has 0 spiro atoms. The summed E-state index contributed by atoms with van der Waals surface area (Å²) in [6.45, 7) is 0. The van der Waals surface area contributed by atoms with Gasteiger partial charge in [0.25, 0.3) is 10.0 Å². The van der Waals surface area contributed by atoms with Gasteiger partial charge in [-0.15, -0.1) is 0 Å². The molecule has 2 aromatic carbocycles. The van der Waals surface area contributed by atoms with E-state index in [1.165, 1.54) is 13.2 Å². The average Bonchev–Trinajstić information content (AvgIpc) is 2.44. The van der Waals surface area contributed by atoms with Crippen LogP contribution < -0.4 is 9.46 Å². The lowest BCUT2D eigenvalue weighted by Gasteiger charge is -2.13. The zero-order chi connectivity index (χ0) is 15.6. The minimum absolute atomic E-state index is 0.0336. The summed E-state index contributed by atoms with van der Waals surface area (Å²) < 4.78 is 33.7. The lowest BCUT2D eigenvalue weighted by Crippen LogP contribution is -2.14. The van der Waals surface area contributed by atoms with E-state index >= 15 is 0 Å². The third kappa shape index (κ3) is 3.71. The van der Waals surface area contributed by atoms with Crippen LogP contribution in [0.25, 0.3) is 0 Å². The maximum absolute atomic E-state index is 12.5. The van der Waals surface area contributed by atoms with Gasteiger partial charge in [0.2, 0.25) is 0 Å². The zero-order valence-electron chi connectivity index (χ0n) is 10.7. The van der Waals surface area contributed by atoms with Gasteiger partial charge in [0.1, 0.15) is 10.6 Å². The molecule has 8 heteroatoms. The molecule has 2 aromatic rings. The fourth-order valence-corrected chi connectivity index (χ4v) is 4.09. The lowest BCUT2D eigenvalue weighted by atomic mass is 10.3. The van der Waals surface area contributed by atoms with Crippen LogP contribution in [0.3, 0.4) is 0 Å². The molecule has 0 atom stereocenters. The number of benzene rings is 2. The molecule has 0 aliphatic carbocycles. The summed E-state index contributed by atoms with van der Waals surface area (Å²) in [5, 5.41) is 0.413. The number of ether oxygens (including phenoxy) is 1. The van der Waals surface area contributed by atoms with Crippen molar-refractivity contribution in [2.45, 2.75) is 4.90 Å². The predicted octanol–water partition coefficient (Wildman–Crippen LogP) is 4.67. The van der Waals surface area contributed by atoms with Crippen LogP contribution in [0, 0.1) is 0 Å². The Morgan fingerprint density at radius 1 is 1.19 bits per heavy atom. The molecule has 0 unspecified atom stereocenters. The second kappa shape index (κ2) is 6.56. The summed E-state index contributed by atoms with van der Waals surface area (Å²) in [6.07, 6.45) is 0. The van der Waals surface area contributed by atoms with Crippen LogP contribution in [0.4, 0.5) is 5.69 Å². The smallest absolute Gasteiger partial charge is 0.265 e. The minimum atomic E-state index is -3.81. The molecule has 2 rings (SSSR count). The number of hydrogen-bond donors (Lipinski definition) is 1. The van der Waals surface area contributed by atoms with E-state index in [2.05, 4.69) is 36.6 Å². The van der Waals surface area contributed by atoms with Crippen molar-refractivity contribution in [2.24, 2.45) is 0 Å². The van der Waals surface area contributed by atoms with Crippen molar-refractivity contribution in [3.05, 3.63) is 50.4 Å². The number of sulfonamides is 1. The molecule has 0 aliphatic heterocycles. The van der Waals surface area contributed by atoms with Gasteiger partial charge in [-0.05, 0) is 46.3 Å². The summed E-state index contributed by atoms with van der Waals surface area (Å²) in [7, 11) is -2.40. The Hall–Kier alpha value is -0.760. The van der Waals surface area contributed by atoms with E-state index in [1.54, 1.807) is 30.3 Å². The number of methoxy groups -OCH3 is 1. The largest absolute Gasteiger partial charge is 0.495 e. The van der Waals surface area contributed by atoms with E-state index in [0.717, 1.165) is 0 Å². The van der Waals surface area contributed by atoms with E-state index in [-0.39, 0.29) is 10.6 Å². The maximum atomic E-state index is 12.5. The van der Waals surface area contributed by atoms with E-state index in [9.17, 15) is 8.42 Å². The van der Waals surface area contributed by atoms with Gasteiger partial charge in [0.05, 0.1) is 22.3 Å². The molecule has 112 valence electrons. The number of rotatable bonds is 4. The Labute approximate surface area is 144 Å². The third-order valence-electron chi connectivity index (χ3n) is 2.61. The molecule has 0 amide bonds. The van der Waals surface area contributed by atoms with Gasteiger partial charge >= 0.3 is 0 Å². The highest BCUT2D eigenvalue weighted by Gasteiger charge is 2.21. The fraction of sp³-hybridized carbons (Fsp3) is 0.0769. The van der Waals surface area contributed by atoms with Crippen LogP contribution in [0.1, 0.15) is 0 Å². The first-order chi connectivity index (χ1) is 9.85. The van der Waals surface area contributed by atoms with Crippen LogP contribution in [0.2, 0.25) is 5.02 Å². The van der Waals surface area contributed by atoms with Gasteiger partial charge in [0.15, 0.2) is 0 Å². The standard InChI is InChI=1S/C13H10Br2ClNO3S/c1-20-11-6-5-8(14)7-12(11)21(18,19)17-10-4-2-3-9(16)13(10)15/h2-7,17H,1H3. The van der Waals surface area contributed by atoms with Gasteiger partial charge in [-0.2, -0.15) is 0 Å². The van der Waals surface area contributed by atoms with Crippen molar-refractivity contribution < 1.29 is 13.2 Å². The first-order valence-electron chi connectivity index (χ1n) is 5.65. The Morgan fingerprint density at radius 3 is 2.57 bits per heavy atom. The number of nitrogens with one attached hydrogen (secondary N) is 1. The monoisotopic (exact) mass is 453 g/mol. The minimum Gasteiger partial charge on any atom is -0.495 e. The SMILES string of the molecule is COc1ccc(Br)cc1S(=O)(=O)Nc1cccc(Cl)c1Br. The summed E-state index contributed by atoms with van der Waals surface area (Å²) in [4.78, 5) is 0.0336. The lowest BCUT2D eigenvalue weighted by molar-refractivity contribution is 0.403. The molecule has 0 aliphatic rings. The molecule has 1 N–H and O–H groups in total. The summed E-state index contributed by atoms with van der Waals surface area (Å²) >= 11 is 12.5. The number of halogens is 3. The van der Waals surface area contributed by atoms with Crippen molar-refractivity contribution in [1.82, 2.24) is 0 Å². The fourth-order valence-electron chi connectivity index (χ4n) is 1.64. The third-order valence-corrected chi connectivity index (χ3v) is 5.89. The van der Waals surface area contributed by atoms with Crippen molar-refractivity contribution in [1.29, 1.82) is 0 Å². The average molecular weight is 456 g/mol. The summed E-state index contributed by atoms with van der Waals surface area (Å²) in [5.41, 5.74) is 0.351. The second-order valence-electron chi connectivity index (χ2n) is 4.00. The highest BCUT2D eigenvalue weighted by atomic mass is 79.9. The second-order valence-corrected chi connectivity index (χ2v) is 7.77. The molecular weight excluding hydrogens is 445 g/mol. The van der Waals surface area contributed by atoms with Gasteiger partial charge in [-0.1, -0.05) is 33.6 Å². The van der Waals surface area contributed by atoms with Crippen molar-refractivity contribution in [2.75, 3.05) is 11.8 Å². The van der Waals surface area contributed by atoms with Crippen molar-refractivity contribution >= 4 is 59.2 Å². The first kappa shape index (κ1) is 16.6. The van der Waals surface area contributed by atoms with E-state index in [0.29, 0.717) is 19.7 Å². The van der Waals surface area contributed by atoms with Crippen LogP contribution in [-0.4, -0.2) is 15.5 Å². The molecule has 0 saturated carbocycles. The van der Waals surface area contributed by atoms with E-state index in [1.807, 2.05) is 0 Å². The van der Waals surface area contributed by atoms with Crippen LogP contribution >= 0.6 is 43.5 Å². The molecular formula is C13H10Br2ClNO3S. The topological polar surface area (TPSA) is 55.4 Å². The predicted molar refractivity (Wildman–Crippen MR) is 90.7 cm³/mol. The Balaban J connectivity index is 2.48. The molecule has 0 heterocycles. The first-order valence-corrected chi connectivity index (χ1v) is 9.10. The van der Waals surface area contributed by atoms with Gasteiger partial charge in [0, 0.05) is 4.47 Å². The highest BCUT2D eigenvalue weighted by molar-refractivity contribution is 9.11. The molecule has 0 bridgehead atoms. The zero-order valence-corrected chi connectivity index (χ0v) is 15.5. The van der Waals surface area contributed by atoms with Gasteiger partial charge in [-0.3, -0.25) is 4.72 Å². The molecule has 0 saturated heterocycles. The molecule has 4 nitrogen and oxygen atoms in total. The summed E-state index contributed by atoms with van der Waals surface area (Å²) in [6, 6.07) is 9.67. The molecule has 21 heavy (non-hydrogen) atoms. The van der Waals surface area contributed by atoms with Gasteiger partial charge in [-0.25, -0.2) is 8.42 Å². The number of hydrogen-bond acceptors (Lipinski definition) is 3. The molecule has 0 fully saturated rings. The normalized spacial score (nSPS) is 11.2. The van der Waals surface area contributed by atoms with Crippen molar-refractivity contribution in [3.63, 3.8) is 0 Å². The molecule has 0 radical (unpaired) electrons. The van der Waals surface area contributed by atoms with Crippen molar-refractivity contribution in [3.8, 4) is 5.75 Å². The van der Waals surface area contributed by atoms with Crippen LogP contribution in [-0.2, 0) is 10.0 Å². The quantitative estimate of drug-likeness (QED) is 0.729. The Kier molecular flexibility index (Phi) is 5.19. The molecule has 0 aromatic heterocycles. The van der Waals surface area contributed by atoms with E-state index in [4.69, 9.17) is 16.3 Å². The number of anilines is 1. The van der Waals surface area contributed by atoms with Crippen LogP contribution in [0.15, 0.2) is 50.2 Å². The maximum Gasteiger partial charge on any atom is 0.265 e. The Bertz CT molecular complexity index is 781. The van der Waals surface area contributed by atoms with Crippen LogP contribution in [0.5, 0.6) is 5.75 Å². The van der Waals surface area contributed by atoms with Gasteiger partial charge < -0.3 is 4.74 Å². The summed E-state index contributed by atoms with van der Waals surface area (Å²) in [5.74, 6) is 0.254.